The number of ether oxygens (including phenoxy) is 1. The summed E-state index contributed by atoms with van der Waals surface area (Å²) in [6.07, 6.45) is -0.196. The van der Waals surface area contributed by atoms with E-state index in [1.54, 1.807) is 12.1 Å². The van der Waals surface area contributed by atoms with Gasteiger partial charge in [-0.15, -0.1) is 0 Å². The van der Waals surface area contributed by atoms with E-state index in [1.807, 2.05) is 32.0 Å². The van der Waals surface area contributed by atoms with Crippen LogP contribution in [0.1, 0.15) is 31.9 Å². The second-order valence-electron chi connectivity index (χ2n) is 5.44. The van der Waals surface area contributed by atoms with Crippen LogP contribution >= 0.6 is 0 Å². The van der Waals surface area contributed by atoms with Crippen LogP contribution in [0.15, 0.2) is 30.3 Å². The fraction of sp³-hybridized carbons (Fsp3) is 0.500. The Hall–Kier alpha value is -1.88. The number of aliphatic carboxylic acids is 1. The van der Waals surface area contributed by atoms with Crippen LogP contribution in [-0.4, -0.2) is 30.6 Å². The number of rotatable bonds is 8. The maximum Gasteiger partial charge on any atom is 0.308 e. The fourth-order valence-electron chi connectivity index (χ4n) is 2.18. The predicted molar refractivity (Wildman–Crippen MR) is 79.8 cm³/mol. The molecular formula is C16H23NO4. The van der Waals surface area contributed by atoms with Crippen LogP contribution < -0.4 is 5.32 Å². The highest BCUT2D eigenvalue weighted by Gasteiger charge is 2.23. The zero-order chi connectivity index (χ0) is 15.8. The van der Waals surface area contributed by atoms with Crippen LogP contribution in [-0.2, 0) is 14.3 Å². The van der Waals surface area contributed by atoms with Crippen LogP contribution in [0.4, 0.5) is 0 Å². The molecule has 1 aromatic carbocycles. The van der Waals surface area contributed by atoms with E-state index in [4.69, 9.17) is 9.84 Å². The summed E-state index contributed by atoms with van der Waals surface area (Å²) in [5, 5.41) is 11.8. The van der Waals surface area contributed by atoms with Crippen molar-refractivity contribution in [3.63, 3.8) is 0 Å². The molecule has 0 heterocycles. The summed E-state index contributed by atoms with van der Waals surface area (Å²) in [7, 11) is 1.46. The number of nitrogens with one attached hydrogen (secondary N) is 1. The molecule has 1 amide bonds. The quantitative estimate of drug-likeness (QED) is 0.770. The Morgan fingerprint density at radius 3 is 2.33 bits per heavy atom. The molecule has 21 heavy (non-hydrogen) atoms. The Bertz CT molecular complexity index is 459. The van der Waals surface area contributed by atoms with Crippen LogP contribution in [0.5, 0.6) is 0 Å². The summed E-state index contributed by atoms with van der Waals surface area (Å²) in [4.78, 5) is 23.3. The largest absolute Gasteiger partial charge is 0.481 e. The number of amides is 1. The monoisotopic (exact) mass is 293 g/mol. The third kappa shape index (κ3) is 5.55. The first-order valence-corrected chi connectivity index (χ1v) is 7.04. The van der Waals surface area contributed by atoms with Gasteiger partial charge in [-0.2, -0.15) is 0 Å². The van der Waals surface area contributed by atoms with Gasteiger partial charge in [-0.05, 0) is 17.9 Å². The summed E-state index contributed by atoms with van der Waals surface area (Å²) in [6.45, 7) is 4.03. The number of hydrogen-bond donors (Lipinski definition) is 2. The number of methoxy groups -OCH3 is 1. The minimum Gasteiger partial charge on any atom is -0.481 e. The molecule has 0 spiro atoms. The van der Waals surface area contributed by atoms with Gasteiger partial charge in [0.15, 0.2) is 6.10 Å². The molecular weight excluding hydrogens is 270 g/mol. The Morgan fingerprint density at radius 1 is 1.24 bits per heavy atom. The molecule has 2 N–H and O–H groups in total. The van der Waals surface area contributed by atoms with Crippen molar-refractivity contribution in [3.05, 3.63) is 35.9 Å². The number of carbonyl (C=O) groups is 2. The maximum absolute atomic E-state index is 12.2. The molecule has 1 aromatic rings. The predicted octanol–water partition coefficient (Wildman–Crippen LogP) is 2.24. The van der Waals surface area contributed by atoms with Crippen LogP contribution in [0, 0.1) is 11.8 Å². The van der Waals surface area contributed by atoms with Crippen molar-refractivity contribution < 1.29 is 19.4 Å². The van der Waals surface area contributed by atoms with Crippen LogP contribution in [0.2, 0.25) is 0 Å². The van der Waals surface area contributed by atoms with Gasteiger partial charge in [-0.3, -0.25) is 9.59 Å². The van der Waals surface area contributed by atoms with Crippen molar-refractivity contribution in [1.82, 2.24) is 5.32 Å². The zero-order valence-electron chi connectivity index (χ0n) is 12.7. The van der Waals surface area contributed by atoms with E-state index in [0.717, 1.165) is 5.56 Å². The first-order valence-electron chi connectivity index (χ1n) is 7.04. The summed E-state index contributed by atoms with van der Waals surface area (Å²) in [6, 6.07) is 9.12. The molecule has 116 valence electrons. The SMILES string of the molecule is CO[C@@H](C(=O)NCC(CC(C)C)C(=O)O)c1ccccc1. The van der Waals surface area contributed by atoms with Crippen LogP contribution in [0.25, 0.3) is 0 Å². The second-order valence-corrected chi connectivity index (χ2v) is 5.44. The number of carboxylic acid groups (broad SMARTS) is 1. The van der Waals surface area contributed by atoms with Crippen molar-refractivity contribution in [2.45, 2.75) is 26.4 Å². The average molecular weight is 293 g/mol. The van der Waals surface area contributed by atoms with Crippen molar-refractivity contribution in [1.29, 1.82) is 0 Å². The normalized spacial score (nSPS) is 13.7. The first kappa shape index (κ1) is 17.2. The average Bonchev–Trinajstić information content (AvgIpc) is 2.44. The van der Waals surface area contributed by atoms with Crippen molar-refractivity contribution in [2.24, 2.45) is 11.8 Å². The molecule has 0 saturated carbocycles. The highest BCUT2D eigenvalue weighted by atomic mass is 16.5. The van der Waals surface area contributed by atoms with Gasteiger partial charge in [0.2, 0.25) is 0 Å². The molecule has 2 atom stereocenters. The molecule has 5 heteroatoms. The number of carbonyl (C=O) groups excluding carboxylic acids is 1. The number of benzene rings is 1. The molecule has 0 radical (unpaired) electrons. The van der Waals surface area contributed by atoms with Gasteiger partial charge >= 0.3 is 5.97 Å². The minimum absolute atomic E-state index is 0.110. The third-order valence-electron chi connectivity index (χ3n) is 3.20. The summed E-state index contributed by atoms with van der Waals surface area (Å²) in [5.74, 6) is -1.53. The Balaban J connectivity index is 2.64. The Labute approximate surface area is 125 Å². The Kier molecular flexibility index (Phi) is 6.88. The van der Waals surface area contributed by atoms with E-state index in [1.165, 1.54) is 7.11 Å². The smallest absolute Gasteiger partial charge is 0.308 e. The highest BCUT2D eigenvalue weighted by molar-refractivity contribution is 5.82. The molecule has 0 aliphatic rings. The van der Waals surface area contributed by atoms with E-state index in [-0.39, 0.29) is 18.4 Å². The molecule has 0 bridgehead atoms. The fourth-order valence-corrected chi connectivity index (χ4v) is 2.18. The van der Waals surface area contributed by atoms with E-state index >= 15 is 0 Å². The van der Waals surface area contributed by atoms with E-state index < -0.39 is 18.0 Å². The number of hydrogen-bond acceptors (Lipinski definition) is 3. The van der Waals surface area contributed by atoms with Gasteiger partial charge in [0.25, 0.3) is 5.91 Å². The van der Waals surface area contributed by atoms with E-state index in [9.17, 15) is 9.59 Å². The van der Waals surface area contributed by atoms with Gasteiger partial charge in [0, 0.05) is 13.7 Å². The molecule has 0 fully saturated rings. The summed E-state index contributed by atoms with van der Waals surface area (Å²) < 4.78 is 5.21. The molecule has 0 aliphatic heterocycles. The lowest BCUT2D eigenvalue weighted by atomic mass is 9.97. The standard InChI is InChI=1S/C16H23NO4/c1-11(2)9-13(16(19)20)10-17-15(18)14(21-3)12-7-5-4-6-8-12/h4-8,11,13-14H,9-10H2,1-3H3,(H,17,18)(H,19,20)/t13?,14-/m1/s1. The van der Waals surface area contributed by atoms with E-state index in [0.29, 0.717) is 6.42 Å². The zero-order valence-corrected chi connectivity index (χ0v) is 12.7. The van der Waals surface area contributed by atoms with Crippen molar-refractivity contribution in [2.75, 3.05) is 13.7 Å². The maximum atomic E-state index is 12.2. The molecule has 5 nitrogen and oxygen atoms in total. The molecule has 0 aromatic heterocycles. The van der Waals surface area contributed by atoms with Crippen molar-refractivity contribution >= 4 is 11.9 Å². The van der Waals surface area contributed by atoms with Crippen molar-refractivity contribution in [3.8, 4) is 0 Å². The summed E-state index contributed by atoms with van der Waals surface area (Å²) in [5.41, 5.74) is 0.744. The van der Waals surface area contributed by atoms with Crippen LogP contribution in [0.3, 0.4) is 0 Å². The lowest BCUT2D eigenvalue weighted by Gasteiger charge is -2.19. The topological polar surface area (TPSA) is 75.6 Å². The second kappa shape index (κ2) is 8.42. The lowest BCUT2D eigenvalue weighted by Crippen LogP contribution is -2.37. The van der Waals surface area contributed by atoms with Gasteiger partial charge in [0.05, 0.1) is 5.92 Å². The molecule has 0 aliphatic carbocycles. The van der Waals surface area contributed by atoms with Gasteiger partial charge in [-0.1, -0.05) is 44.2 Å². The highest BCUT2D eigenvalue weighted by Crippen LogP contribution is 2.17. The minimum atomic E-state index is -0.891. The van der Waals surface area contributed by atoms with Gasteiger partial charge in [0.1, 0.15) is 0 Å². The Morgan fingerprint density at radius 2 is 1.86 bits per heavy atom. The molecule has 0 saturated heterocycles. The lowest BCUT2D eigenvalue weighted by molar-refractivity contribution is -0.142. The molecule has 1 rings (SSSR count). The first-order chi connectivity index (χ1) is 9.95. The number of carboxylic acids is 1. The molecule has 1 unspecified atom stereocenters. The third-order valence-corrected chi connectivity index (χ3v) is 3.20. The summed E-state index contributed by atoms with van der Waals surface area (Å²) >= 11 is 0. The van der Waals surface area contributed by atoms with Gasteiger partial charge < -0.3 is 15.2 Å². The van der Waals surface area contributed by atoms with Gasteiger partial charge in [-0.25, -0.2) is 0 Å². The van der Waals surface area contributed by atoms with E-state index in [2.05, 4.69) is 5.32 Å².